The van der Waals surface area contributed by atoms with E-state index in [0.29, 0.717) is 6.54 Å². The predicted molar refractivity (Wildman–Crippen MR) is 50.8 cm³/mol. The first-order valence-corrected chi connectivity index (χ1v) is 4.49. The summed E-state index contributed by atoms with van der Waals surface area (Å²) in [5.74, 6) is 0.00519. The first-order chi connectivity index (χ1) is 5.77. The SMILES string of the molecule is NCC(CO)c1ccc(Br)nc1. The largest absolute Gasteiger partial charge is 0.396 e. The van der Waals surface area contributed by atoms with Gasteiger partial charge in [-0.25, -0.2) is 4.98 Å². The maximum atomic E-state index is 8.93. The monoisotopic (exact) mass is 230 g/mol. The molecule has 1 heterocycles. The molecule has 66 valence electrons. The fourth-order valence-electron chi connectivity index (χ4n) is 0.945. The fraction of sp³-hybridized carbons (Fsp3) is 0.375. The molecule has 0 aliphatic carbocycles. The lowest BCUT2D eigenvalue weighted by atomic mass is 10.0. The van der Waals surface area contributed by atoms with Gasteiger partial charge in [0.2, 0.25) is 0 Å². The van der Waals surface area contributed by atoms with Crippen molar-refractivity contribution in [2.75, 3.05) is 13.2 Å². The minimum atomic E-state index is 0.00519. The summed E-state index contributed by atoms with van der Waals surface area (Å²) in [7, 11) is 0. The Bertz CT molecular complexity index is 233. The number of nitrogens with two attached hydrogens (primary N) is 1. The molecule has 0 saturated heterocycles. The van der Waals surface area contributed by atoms with Crippen LogP contribution in [0.1, 0.15) is 11.5 Å². The third-order valence-corrected chi connectivity index (χ3v) is 2.20. The molecule has 0 aliphatic heterocycles. The topological polar surface area (TPSA) is 59.1 Å². The van der Waals surface area contributed by atoms with Crippen LogP contribution in [0.4, 0.5) is 0 Å². The van der Waals surface area contributed by atoms with Gasteiger partial charge in [0.15, 0.2) is 0 Å². The van der Waals surface area contributed by atoms with Gasteiger partial charge in [-0.05, 0) is 27.6 Å². The summed E-state index contributed by atoms with van der Waals surface area (Å²) >= 11 is 3.23. The van der Waals surface area contributed by atoms with Crippen LogP contribution >= 0.6 is 15.9 Å². The molecular formula is C8H11BrN2O. The van der Waals surface area contributed by atoms with Gasteiger partial charge in [-0.2, -0.15) is 0 Å². The Balaban J connectivity index is 2.80. The molecule has 0 amide bonds. The van der Waals surface area contributed by atoms with Gasteiger partial charge in [-0.1, -0.05) is 6.07 Å². The highest BCUT2D eigenvalue weighted by atomic mass is 79.9. The van der Waals surface area contributed by atoms with Crippen LogP contribution in [-0.2, 0) is 0 Å². The summed E-state index contributed by atoms with van der Waals surface area (Å²) in [6, 6.07) is 3.75. The standard InChI is InChI=1S/C8H11BrN2O/c9-8-2-1-6(4-11-8)7(3-10)5-12/h1-2,4,7,12H,3,5,10H2. The van der Waals surface area contributed by atoms with Crippen LogP contribution in [0.3, 0.4) is 0 Å². The van der Waals surface area contributed by atoms with Crippen LogP contribution in [0.15, 0.2) is 22.9 Å². The number of nitrogens with zero attached hydrogens (tertiary/aromatic N) is 1. The highest BCUT2D eigenvalue weighted by Gasteiger charge is 2.07. The van der Waals surface area contributed by atoms with Crippen molar-refractivity contribution in [2.24, 2.45) is 5.73 Å². The van der Waals surface area contributed by atoms with Crippen molar-refractivity contribution >= 4 is 15.9 Å². The summed E-state index contributed by atoms with van der Waals surface area (Å²) in [6.45, 7) is 0.514. The van der Waals surface area contributed by atoms with Crippen LogP contribution in [-0.4, -0.2) is 23.2 Å². The molecule has 12 heavy (non-hydrogen) atoms. The maximum absolute atomic E-state index is 8.93. The average molecular weight is 231 g/mol. The number of halogens is 1. The summed E-state index contributed by atoms with van der Waals surface area (Å²) in [5.41, 5.74) is 6.43. The molecule has 1 rings (SSSR count). The number of hydrogen-bond donors (Lipinski definition) is 2. The smallest absolute Gasteiger partial charge is 0.106 e. The third kappa shape index (κ3) is 2.27. The zero-order chi connectivity index (χ0) is 8.97. The van der Waals surface area contributed by atoms with E-state index in [0.717, 1.165) is 10.2 Å². The van der Waals surface area contributed by atoms with Gasteiger partial charge in [0, 0.05) is 18.7 Å². The highest BCUT2D eigenvalue weighted by Crippen LogP contribution is 2.14. The lowest BCUT2D eigenvalue weighted by Gasteiger charge is -2.10. The molecule has 1 unspecified atom stereocenters. The number of hydrogen-bond acceptors (Lipinski definition) is 3. The lowest BCUT2D eigenvalue weighted by Crippen LogP contribution is -2.16. The second-order valence-corrected chi connectivity index (χ2v) is 3.34. The Morgan fingerprint density at radius 3 is 2.75 bits per heavy atom. The Kier molecular flexibility index (Phi) is 3.65. The normalized spacial score (nSPS) is 12.9. The van der Waals surface area contributed by atoms with Crippen molar-refractivity contribution in [3.63, 3.8) is 0 Å². The van der Waals surface area contributed by atoms with Gasteiger partial charge in [0.05, 0.1) is 6.61 Å². The molecule has 0 saturated carbocycles. The van der Waals surface area contributed by atoms with E-state index in [1.54, 1.807) is 6.20 Å². The van der Waals surface area contributed by atoms with E-state index in [1.807, 2.05) is 12.1 Å². The van der Waals surface area contributed by atoms with Gasteiger partial charge in [-0.3, -0.25) is 0 Å². The molecule has 1 aromatic heterocycles. The van der Waals surface area contributed by atoms with Gasteiger partial charge < -0.3 is 10.8 Å². The Labute approximate surface area is 79.7 Å². The van der Waals surface area contributed by atoms with Gasteiger partial charge in [0.1, 0.15) is 4.60 Å². The molecule has 0 radical (unpaired) electrons. The molecule has 1 atom stereocenters. The van der Waals surface area contributed by atoms with Crippen LogP contribution < -0.4 is 5.73 Å². The van der Waals surface area contributed by atoms with E-state index in [1.165, 1.54) is 0 Å². The molecule has 3 N–H and O–H groups in total. The van der Waals surface area contributed by atoms with E-state index in [4.69, 9.17) is 10.8 Å². The maximum Gasteiger partial charge on any atom is 0.106 e. The van der Waals surface area contributed by atoms with Crippen molar-refractivity contribution in [1.29, 1.82) is 0 Å². The molecule has 0 fully saturated rings. The quantitative estimate of drug-likeness (QED) is 0.759. The molecule has 1 aromatic rings. The Morgan fingerprint density at radius 2 is 2.33 bits per heavy atom. The second-order valence-electron chi connectivity index (χ2n) is 2.53. The minimum absolute atomic E-state index is 0.00519. The van der Waals surface area contributed by atoms with Crippen molar-refractivity contribution in [2.45, 2.75) is 5.92 Å². The minimum Gasteiger partial charge on any atom is -0.396 e. The fourth-order valence-corrected chi connectivity index (χ4v) is 1.18. The van der Waals surface area contributed by atoms with E-state index in [2.05, 4.69) is 20.9 Å². The van der Waals surface area contributed by atoms with Crippen LogP contribution in [0.5, 0.6) is 0 Å². The van der Waals surface area contributed by atoms with Gasteiger partial charge >= 0.3 is 0 Å². The van der Waals surface area contributed by atoms with E-state index < -0.39 is 0 Å². The number of aliphatic hydroxyl groups excluding tert-OH is 1. The number of aliphatic hydroxyl groups is 1. The first-order valence-electron chi connectivity index (χ1n) is 3.70. The van der Waals surface area contributed by atoms with Crippen molar-refractivity contribution in [1.82, 2.24) is 4.98 Å². The van der Waals surface area contributed by atoms with Gasteiger partial charge in [0.25, 0.3) is 0 Å². The molecule has 0 aliphatic rings. The first kappa shape index (κ1) is 9.64. The predicted octanol–water partition coefficient (Wildman–Crippen LogP) is 0.879. The third-order valence-electron chi connectivity index (χ3n) is 1.73. The van der Waals surface area contributed by atoms with Gasteiger partial charge in [-0.15, -0.1) is 0 Å². The summed E-state index contributed by atoms with van der Waals surface area (Å²) < 4.78 is 0.792. The molecule has 0 aromatic carbocycles. The van der Waals surface area contributed by atoms with Crippen LogP contribution in [0.2, 0.25) is 0 Å². The molecule has 0 bridgehead atoms. The van der Waals surface area contributed by atoms with Crippen molar-refractivity contribution in [3.05, 3.63) is 28.5 Å². The zero-order valence-electron chi connectivity index (χ0n) is 6.57. The summed E-state index contributed by atoms with van der Waals surface area (Å²) in [6.07, 6.45) is 1.72. The second kappa shape index (κ2) is 4.54. The lowest BCUT2D eigenvalue weighted by molar-refractivity contribution is 0.267. The Morgan fingerprint density at radius 1 is 1.58 bits per heavy atom. The average Bonchev–Trinajstić information content (AvgIpc) is 2.10. The molecule has 0 spiro atoms. The van der Waals surface area contributed by atoms with Crippen LogP contribution in [0, 0.1) is 0 Å². The van der Waals surface area contributed by atoms with Crippen molar-refractivity contribution < 1.29 is 5.11 Å². The highest BCUT2D eigenvalue weighted by molar-refractivity contribution is 9.10. The zero-order valence-corrected chi connectivity index (χ0v) is 8.16. The van der Waals surface area contributed by atoms with E-state index >= 15 is 0 Å². The number of rotatable bonds is 3. The summed E-state index contributed by atoms with van der Waals surface area (Å²) in [4.78, 5) is 4.05. The number of aromatic nitrogens is 1. The Hall–Kier alpha value is -0.450. The van der Waals surface area contributed by atoms with Crippen molar-refractivity contribution in [3.8, 4) is 0 Å². The van der Waals surface area contributed by atoms with E-state index in [-0.39, 0.29) is 12.5 Å². The van der Waals surface area contributed by atoms with E-state index in [9.17, 15) is 0 Å². The molecular weight excluding hydrogens is 220 g/mol. The molecule has 4 heteroatoms. The number of pyridine rings is 1. The summed E-state index contributed by atoms with van der Waals surface area (Å²) in [5, 5.41) is 8.93. The molecule has 3 nitrogen and oxygen atoms in total. The van der Waals surface area contributed by atoms with Crippen LogP contribution in [0.25, 0.3) is 0 Å².